The monoisotopic (exact) mass is 330 g/mol. The van der Waals surface area contributed by atoms with Crippen molar-refractivity contribution >= 4 is 11.9 Å². The van der Waals surface area contributed by atoms with Crippen molar-refractivity contribution in [1.29, 1.82) is 0 Å². The van der Waals surface area contributed by atoms with E-state index in [-0.39, 0.29) is 5.60 Å². The zero-order valence-corrected chi connectivity index (χ0v) is 15.4. The maximum absolute atomic E-state index is 6.48. The first kappa shape index (κ1) is 18.5. The largest absolute Gasteiger partial charge is 0.364 e. The molecule has 0 N–H and O–H groups in total. The molecule has 0 amide bonds. The molecule has 0 aromatic heterocycles. The lowest BCUT2D eigenvalue weighted by Gasteiger charge is -2.38. The summed E-state index contributed by atoms with van der Waals surface area (Å²) in [6.45, 7) is 0.600. The van der Waals surface area contributed by atoms with Crippen LogP contribution in [0.2, 0.25) is 0 Å². The molecule has 0 bridgehead atoms. The van der Waals surface area contributed by atoms with Gasteiger partial charge in [0.15, 0.2) is 0 Å². The van der Waals surface area contributed by atoms with Gasteiger partial charge in [-0.25, -0.2) is 0 Å². The predicted molar refractivity (Wildman–Crippen MR) is 100 cm³/mol. The Labute approximate surface area is 146 Å². The van der Waals surface area contributed by atoms with Crippen LogP contribution in [0.1, 0.15) is 37.7 Å². The number of nitrogens with zero attached hydrogens (tertiary/aromatic N) is 4. The van der Waals surface area contributed by atoms with Crippen LogP contribution in [0.4, 0.5) is 0 Å². The Bertz CT molecular complexity index is 554. The molecule has 1 aromatic carbocycles. The van der Waals surface area contributed by atoms with Gasteiger partial charge >= 0.3 is 0 Å². The summed E-state index contributed by atoms with van der Waals surface area (Å²) >= 11 is 0. The molecule has 0 saturated heterocycles. The van der Waals surface area contributed by atoms with Crippen LogP contribution in [0.15, 0.2) is 40.5 Å². The fraction of sp³-hybridized carbons (Fsp3) is 0.579. The molecule has 5 heteroatoms. The van der Waals surface area contributed by atoms with Crippen molar-refractivity contribution in [2.75, 3.05) is 28.2 Å². The van der Waals surface area contributed by atoms with Crippen LogP contribution in [-0.4, -0.2) is 55.7 Å². The summed E-state index contributed by atoms with van der Waals surface area (Å²) in [5, 5.41) is 12.8. The third kappa shape index (κ3) is 5.34. The predicted octanol–water partition coefficient (Wildman–Crippen LogP) is 3.37. The average molecular weight is 330 g/mol. The summed E-state index contributed by atoms with van der Waals surface area (Å²) in [4.78, 5) is 0. The highest BCUT2D eigenvalue weighted by molar-refractivity contribution is 5.95. The van der Waals surface area contributed by atoms with Gasteiger partial charge in [-0.05, 0) is 31.2 Å². The first-order valence-electron chi connectivity index (χ1n) is 8.65. The minimum Gasteiger partial charge on any atom is -0.364 e. The van der Waals surface area contributed by atoms with Gasteiger partial charge in [-0.1, -0.05) is 30.3 Å². The summed E-state index contributed by atoms with van der Waals surface area (Å²) < 4.78 is 6.48. The van der Waals surface area contributed by atoms with E-state index in [1.54, 1.807) is 0 Å². The van der Waals surface area contributed by atoms with Gasteiger partial charge in [0.1, 0.15) is 5.60 Å². The van der Waals surface area contributed by atoms with Gasteiger partial charge in [-0.2, -0.15) is 10.2 Å². The van der Waals surface area contributed by atoms with Crippen LogP contribution in [0.5, 0.6) is 0 Å². The van der Waals surface area contributed by atoms with Gasteiger partial charge in [-0.15, -0.1) is 0 Å². The third-order valence-corrected chi connectivity index (χ3v) is 4.18. The number of rotatable bonds is 7. The number of ether oxygens (including phenoxy) is 1. The minimum atomic E-state index is -0.349. The Kier molecular flexibility index (Phi) is 6.79. The summed E-state index contributed by atoms with van der Waals surface area (Å²) in [6.07, 6.45) is 7.03. The van der Waals surface area contributed by atoms with E-state index in [0.29, 0.717) is 6.61 Å². The molecule has 1 aliphatic carbocycles. The van der Waals surface area contributed by atoms with E-state index in [1.807, 2.05) is 50.5 Å². The lowest BCUT2D eigenvalue weighted by atomic mass is 9.80. The van der Waals surface area contributed by atoms with E-state index in [1.165, 1.54) is 12.0 Å². The van der Waals surface area contributed by atoms with Gasteiger partial charge in [0.05, 0.1) is 12.3 Å². The van der Waals surface area contributed by atoms with Gasteiger partial charge in [-0.3, -0.25) is 0 Å². The lowest BCUT2D eigenvalue weighted by Crippen LogP contribution is -2.45. The summed E-state index contributed by atoms with van der Waals surface area (Å²) in [6, 6.07) is 10.3. The number of hydrogen-bond donors (Lipinski definition) is 0. The fourth-order valence-corrected chi connectivity index (χ4v) is 3.04. The van der Waals surface area contributed by atoms with E-state index in [2.05, 4.69) is 29.4 Å². The second-order valence-electron chi connectivity index (χ2n) is 6.72. The molecule has 1 fully saturated rings. The van der Waals surface area contributed by atoms with Crippen molar-refractivity contribution in [3.63, 3.8) is 0 Å². The zero-order chi connectivity index (χ0) is 17.4. The second kappa shape index (κ2) is 8.83. The molecule has 1 saturated carbocycles. The van der Waals surface area contributed by atoms with Crippen LogP contribution in [0, 0.1) is 0 Å². The third-order valence-electron chi connectivity index (χ3n) is 4.18. The highest BCUT2D eigenvalue weighted by atomic mass is 16.5. The molecule has 0 spiro atoms. The van der Waals surface area contributed by atoms with Crippen LogP contribution >= 0.6 is 0 Å². The van der Waals surface area contributed by atoms with E-state index >= 15 is 0 Å². The number of benzene rings is 1. The van der Waals surface area contributed by atoms with E-state index in [4.69, 9.17) is 9.84 Å². The first-order chi connectivity index (χ1) is 11.5. The Morgan fingerprint density at radius 1 is 1.08 bits per heavy atom. The Balaban J connectivity index is 2.21. The van der Waals surface area contributed by atoms with Crippen LogP contribution in [0.25, 0.3) is 0 Å². The maximum Gasteiger partial charge on any atom is 0.113 e. The van der Waals surface area contributed by atoms with Crippen molar-refractivity contribution in [1.82, 2.24) is 10.0 Å². The molecule has 5 nitrogen and oxygen atoms in total. The molecule has 0 unspecified atom stereocenters. The highest BCUT2D eigenvalue weighted by Gasteiger charge is 2.38. The fourth-order valence-electron chi connectivity index (χ4n) is 3.04. The normalized spacial score (nSPS) is 22.9. The summed E-state index contributed by atoms with van der Waals surface area (Å²) in [7, 11) is 7.81. The van der Waals surface area contributed by atoms with Crippen molar-refractivity contribution in [3.8, 4) is 0 Å². The SMILES string of the molecule is CN(C)/N=C/C[C@]1(OCc2ccccc2)CCCC/C1=N\N(C)C. The number of hydrogen-bond acceptors (Lipinski definition) is 5. The van der Waals surface area contributed by atoms with Gasteiger partial charge < -0.3 is 14.8 Å². The Morgan fingerprint density at radius 2 is 1.83 bits per heavy atom. The molecule has 132 valence electrons. The molecular weight excluding hydrogens is 300 g/mol. The summed E-state index contributed by atoms with van der Waals surface area (Å²) in [5.41, 5.74) is 1.98. The van der Waals surface area contributed by atoms with Crippen LogP contribution < -0.4 is 0 Å². The van der Waals surface area contributed by atoms with Crippen molar-refractivity contribution in [2.45, 2.75) is 44.3 Å². The van der Waals surface area contributed by atoms with Crippen molar-refractivity contribution in [2.24, 2.45) is 10.2 Å². The van der Waals surface area contributed by atoms with Gasteiger partial charge in [0.25, 0.3) is 0 Å². The first-order valence-corrected chi connectivity index (χ1v) is 8.65. The van der Waals surface area contributed by atoms with Gasteiger partial charge in [0, 0.05) is 40.8 Å². The minimum absolute atomic E-state index is 0.349. The van der Waals surface area contributed by atoms with E-state index in [9.17, 15) is 0 Å². The highest BCUT2D eigenvalue weighted by Crippen LogP contribution is 2.33. The van der Waals surface area contributed by atoms with E-state index < -0.39 is 0 Å². The van der Waals surface area contributed by atoms with Crippen LogP contribution in [0.3, 0.4) is 0 Å². The smallest absolute Gasteiger partial charge is 0.113 e. The molecule has 1 aromatic rings. The standard InChI is InChI=1S/C19H30N4O/c1-22(2)20-15-14-19(24-16-17-10-6-5-7-11-17)13-9-8-12-18(19)21-23(3)4/h5-7,10-11,15H,8-9,12-14,16H2,1-4H3/b20-15+,21-18+/t19-/m1/s1. The maximum atomic E-state index is 6.48. The molecule has 2 rings (SSSR count). The molecular formula is C19H30N4O. The van der Waals surface area contributed by atoms with Crippen molar-refractivity contribution < 1.29 is 4.74 Å². The Morgan fingerprint density at radius 3 is 2.50 bits per heavy atom. The number of hydrazone groups is 2. The topological polar surface area (TPSA) is 40.4 Å². The van der Waals surface area contributed by atoms with Crippen molar-refractivity contribution in [3.05, 3.63) is 35.9 Å². The molecule has 1 aliphatic rings. The second-order valence-corrected chi connectivity index (χ2v) is 6.72. The van der Waals surface area contributed by atoms with Gasteiger partial charge in [0.2, 0.25) is 0 Å². The average Bonchev–Trinajstić information content (AvgIpc) is 2.55. The molecule has 0 heterocycles. The lowest BCUT2D eigenvalue weighted by molar-refractivity contribution is -0.0138. The van der Waals surface area contributed by atoms with Crippen LogP contribution in [-0.2, 0) is 11.3 Å². The van der Waals surface area contributed by atoms with E-state index in [0.717, 1.165) is 31.4 Å². The Hall–Kier alpha value is -1.88. The molecule has 0 aliphatic heterocycles. The molecule has 0 radical (unpaired) electrons. The molecule has 24 heavy (non-hydrogen) atoms. The quantitative estimate of drug-likeness (QED) is 0.568. The zero-order valence-electron chi connectivity index (χ0n) is 15.4. The summed E-state index contributed by atoms with van der Waals surface area (Å²) in [5.74, 6) is 0. The molecule has 1 atom stereocenters.